The summed E-state index contributed by atoms with van der Waals surface area (Å²) in [5.74, 6) is 0.977. The van der Waals surface area contributed by atoms with E-state index in [1.54, 1.807) is 35.9 Å². The summed E-state index contributed by atoms with van der Waals surface area (Å²) in [5, 5.41) is 8.54. The molecule has 0 aliphatic heterocycles. The highest BCUT2D eigenvalue weighted by Gasteiger charge is 2.15. The van der Waals surface area contributed by atoms with Crippen LogP contribution in [0.1, 0.15) is 0 Å². The molecule has 0 radical (unpaired) electrons. The highest BCUT2D eigenvalue weighted by molar-refractivity contribution is 7.99. The maximum atomic E-state index is 12.3. The summed E-state index contributed by atoms with van der Waals surface area (Å²) in [4.78, 5) is 16.7. The third-order valence-electron chi connectivity index (χ3n) is 4.14. The molecule has 3 N–H and O–H groups in total. The quantitative estimate of drug-likeness (QED) is 0.542. The number of aromatic nitrogens is 2. The molecule has 0 saturated carbocycles. The van der Waals surface area contributed by atoms with Crippen LogP contribution in [-0.4, -0.2) is 43.8 Å². The van der Waals surface area contributed by atoms with Gasteiger partial charge in [-0.15, -0.1) is 0 Å². The Kier molecular flexibility index (Phi) is 6.01. The largest absolute Gasteiger partial charge is 0.493 e. The number of imidazole rings is 1. The van der Waals surface area contributed by atoms with Gasteiger partial charge in [0.05, 0.1) is 35.9 Å². The predicted octanol–water partition coefficient (Wildman–Crippen LogP) is 1.97. The summed E-state index contributed by atoms with van der Waals surface area (Å²) in [7, 11) is 1.04. The van der Waals surface area contributed by atoms with Gasteiger partial charge < -0.3 is 19.4 Å². The van der Waals surface area contributed by atoms with Gasteiger partial charge in [0.15, 0.2) is 16.7 Å². The Balaban J connectivity index is 1.71. The molecular formula is C18H20N4O5S2. The molecule has 0 spiro atoms. The number of ether oxygens (including phenoxy) is 2. The van der Waals surface area contributed by atoms with Crippen LogP contribution in [0.4, 0.5) is 5.69 Å². The summed E-state index contributed by atoms with van der Waals surface area (Å²) >= 11 is 1.23. The third-order valence-corrected chi connectivity index (χ3v) is 6.08. The number of carbonyl (C=O) groups is 1. The highest BCUT2D eigenvalue weighted by Crippen LogP contribution is 2.30. The van der Waals surface area contributed by atoms with Gasteiger partial charge in [-0.05, 0) is 30.3 Å². The Hall–Kier alpha value is -2.76. The van der Waals surface area contributed by atoms with Crippen molar-refractivity contribution in [2.75, 3.05) is 25.3 Å². The van der Waals surface area contributed by atoms with E-state index in [0.717, 1.165) is 5.52 Å². The number of thioether (sulfide) groups is 1. The molecule has 154 valence electrons. The monoisotopic (exact) mass is 436 g/mol. The first kappa shape index (κ1) is 21.0. The molecule has 0 atom stereocenters. The van der Waals surface area contributed by atoms with Crippen molar-refractivity contribution in [1.82, 2.24) is 9.55 Å². The third kappa shape index (κ3) is 4.63. The number of hydrogen-bond donors (Lipinski definition) is 2. The van der Waals surface area contributed by atoms with Crippen LogP contribution < -0.4 is 19.9 Å². The minimum absolute atomic E-state index is 0.00848. The number of primary sulfonamides is 1. The van der Waals surface area contributed by atoms with E-state index in [-0.39, 0.29) is 16.6 Å². The first-order valence-electron chi connectivity index (χ1n) is 8.37. The average molecular weight is 437 g/mol. The van der Waals surface area contributed by atoms with Gasteiger partial charge >= 0.3 is 0 Å². The van der Waals surface area contributed by atoms with Crippen molar-refractivity contribution in [3.63, 3.8) is 0 Å². The summed E-state index contributed by atoms with van der Waals surface area (Å²) < 4.78 is 35.2. The van der Waals surface area contributed by atoms with Gasteiger partial charge in [0, 0.05) is 18.8 Å². The van der Waals surface area contributed by atoms with Gasteiger partial charge in [0.2, 0.25) is 15.9 Å². The normalized spacial score (nSPS) is 11.4. The fraction of sp³-hybridized carbons (Fsp3) is 0.222. The molecule has 2 aromatic carbocycles. The summed E-state index contributed by atoms with van der Waals surface area (Å²) in [6.45, 7) is 0. The Bertz CT molecular complexity index is 1170. The number of nitrogens with zero attached hydrogens (tertiary/aromatic N) is 2. The zero-order valence-electron chi connectivity index (χ0n) is 16.0. The number of sulfonamides is 1. The number of anilines is 1. The summed E-state index contributed by atoms with van der Waals surface area (Å²) in [6.07, 6.45) is 0. The minimum atomic E-state index is -3.81. The van der Waals surface area contributed by atoms with Crippen LogP contribution in [0.3, 0.4) is 0 Å². The van der Waals surface area contributed by atoms with E-state index >= 15 is 0 Å². The molecular weight excluding hydrogens is 416 g/mol. The van der Waals surface area contributed by atoms with Crippen LogP contribution in [-0.2, 0) is 21.9 Å². The molecule has 3 rings (SSSR count). The van der Waals surface area contributed by atoms with Crippen molar-refractivity contribution in [2.24, 2.45) is 12.2 Å². The van der Waals surface area contributed by atoms with E-state index < -0.39 is 10.0 Å². The Morgan fingerprint density at radius 3 is 2.55 bits per heavy atom. The van der Waals surface area contributed by atoms with Crippen LogP contribution in [0.25, 0.3) is 11.0 Å². The van der Waals surface area contributed by atoms with Gasteiger partial charge in [-0.2, -0.15) is 0 Å². The number of methoxy groups -OCH3 is 2. The van der Waals surface area contributed by atoms with Crippen molar-refractivity contribution in [3.8, 4) is 11.5 Å². The van der Waals surface area contributed by atoms with Crippen molar-refractivity contribution in [3.05, 3.63) is 36.4 Å². The van der Waals surface area contributed by atoms with E-state index in [1.165, 1.54) is 38.1 Å². The van der Waals surface area contributed by atoms with E-state index in [0.29, 0.717) is 27.9 Å². The number of nitrogens with two attached hydrogens (primary N) is 1. The topological polar surface area (TPSA) is 126 Å². The standard InChI is InChI=1S/C18H20N4O5S2/c1-22-14-6-5-12(29(19,24)25)9-13(14)21-18(22)28-10-17(23)20-11-4-7-15(26-2)16(8-11)27-3/h4-9H,10H2,1-3H3,(H,20,23)(H2,19,24,25). The van der Waals surface area contributed by atoms with Gasteiger partial charge in [-0.25, -0.2) is 18.5 Å². The molecule has 1 heterocycles. The molecule has 9 nitrogen and oxygen atoms in total. The molecule has 0 saturated heterocycles. The Morgan fingerprint density at radius 1 is 1.17 bits per heavy atom. The SMILES string of the molecule is COc1ccc(NC(=O)CSc2nc3cc(S(N)(=O)=O)ccc3n2C)cc1OC. The van der Waals surface area contributed by atoms with E-state index in [9.17, 15) is 13.2 Å². The maximum Gasteiger partial charge on any atom is 0.238 e. The van der Waals surface area contributed by atoms with Crippen LogP contribution in [0.5, 0.6) is 11.5 Å². The van der Waals surface area contributed by atoms with Crippen molar-refractivity contribution >= 4 is 44.4 Å². The van der Waals surface area contributed by atoms with Crippen molar-refractivity contribution in [1.29, 1.82) is 0 Å². The smallest absolute Gasteiger partial charge is 0.238 e. The second-order valence-corrected chi connectivity index (χ2v) is 8.56. The minimum Gasteiger partial charge on any atom is -0.493 e. The lowest BCUT2D eigenvalue weighted by molar-refractivity contribution is -0.113. The first-order valence-corrected chi connectivity index (χ1v) is 10.9. The number of nitrogens with one attached hydrogen (secondary N) is 1. The molecule has 0 bridgehead atoms. The lowest BCUT2D eigenvalue weighted by Gasteiger charge is -2.10. The number of amides is 1. The lowest BCUT2D eigenvalue weighted by atomic mass is 10.2. The maximum absolute atomic E-state index is 12.3. The second kappa shape index (κ2) is 8.31. The van der Waals surface area contributed by atoms with Crippen LogP contribution in [0.2, 0.25) is 0 Å². The molecule has 1 amide bonds. The first-order chi connectivity index (χ1) is 13.7. The van der Waals surface area contributed by atoms with E-state index in [4.69, 9.17) is 14.6 Å². The number of benzene rings is 2. The fourth-order valence-electron chi connectivity index (χ4n) is 2.70. The molecule has 29 heavy (non-hydrogen) atoms. The van der Waals surface area contributed by atoms with Crippen LogP contribution in [0.15, 0.2) is 46.5 Å². The summed E-state index contributed by atoms with van der Waals surface area (Å²) in [5.41, 5.74) is 1.80. The van der Waals surface area contributed by atoms with Gasteiger partial charge in [0.1, 0.15) is 0 Å². The molecule has 0 aliphatic carbocycles. The van der Waals surface area contributed by atoms with Crippen molar-refractivity contribution < 1.29 is 22.7 Å². The number of aryl methyl sites for hydroxylation is 1. The van der Waals surface area contributed by atoms with Crippen LogP contribution >= 0.6 is 11.8 Å². The zero-order valence-corrected chi connectivity index (χ0v) is 17.6. The molecule has 0 aliphatic rings. The summed E-state index contributed by atoms with van der Waals surface area (Å²) in [6, 6.07) is 9.57. The predicted molar refractivity (Wildman–Crippen MR) is 111 cm³/mol. The number of rotatable bonds is 7. The van der Waals surface area contributed by atoms with E-state index in [2.05, 4.69) is 10.3 Å². The zero-order chi connectivity index (χ0) is 21.2. The molecule has 0 unspecified atom stereocenters. The second-order valence-electron chi connectivity index (χ2n) is 6.06. The van der Waals surface area contributed by atoms with Crippen molar-refractivity contribution in [2.45, 2.75) is 10.1 Å². The van der Waals surface area contributed by atoms with Gasteiger partial charge in [0.25, 0.3) is 0 Å². The highest BCUT2D eigenvalue weighted by atomic mass is 32.2. The van der Waals surface area contributed by atoms with Gasteiger partial charge in [-0.3, -0.25) is 4.79 Å². The molecule has 0 fully saturated rings. The van der Waals surface area contributed by atoms with Gasteiger partial charge in [-0.1, -0.05) is 11.8 Å². The molecule has 11 heteroatoms. The number of fused-ring (bicyclic) bond motifs is 1. The molecule has 1 aromatic heterocycles. The van der Waals surface area contributed by atoms with E-state index in [1.807, 2.05) is 0 Å². The number of carbonyl (C=O) groups excluding carboxylic acids is 1. The number of hydrogen-bond acceptors (Lipinski definition) is 7. The van der Waals surface area contributed by atoms with Crippen LogP contribution in [0, 0.1) is 0 Å². The Labute approximate surface area is 172 Å². The Morgan fingerprint density at radius 2 is 1.90 bits per heavy atom. The fourth-order valence-corrected chi connectivity index (χ4v) is 4.03. The lowest BCUT2D eigenvalue weighted by Crippen LogP contribution is -2.14. The average Bonchev–Trinajstić information content (AvgIpc) is 3.00. The molecule has 3 aromatic rings.